The van der Waals surface area contributed by atoms with E-state index >= 15 is 0 Å². The predicted molar refractivity (Wildman–Crippen MR) is 86.8 cm³/mol. The van der Waals surface area contributed by atoms with Gasteiger partial charge in [0, 0.05) is 23.0 Å². The Morgan fingerprint density at radius 2 is 1.95 bits per heavy atom. The maximum Gasteiger partial charge on any atom is 0.186 e. The zero-order valence-corrected chi connectivity index (χ0v) is 13.8. The van der Waals surface area contributed by atoms with Gasteiger partial charge in [0.1, 0.15) is 0 Å². The molecule has 2 unspecified atom stereocenters. The largest absolute Gasteiger partial charge is 0.342 e. The van der Waals surface area contributed by atoms with Crippen LogP contribution in [-0.2, 0) is 6.42 Å². The topological polar surface area (TPSA) is 28.2 Å². The van der Waals surface area contributed by atoms with E-state index in [0.717, 1.165) is 24.5 Å². The van der Waals surface area contributed by atoms with E-state index in [0.29, 0.717) is 0 Å². The standard InChI is InChI=1S/C16H27N3S/c1-4-8-17-12-9-13-6-7-14(10-12)19(13)16-18-15(5-2)11(3)20-16/h12-14,17H,4-10H2,1-3H3. The quantitative estimate of drug-likeness (QED) is 0.900. The van der Waals surface area contributed by atoms with Gasteiger partial charge >= 0.3 is 0 Å². The van der Waals surface area contributed by atoms with Crippen molar-refractivity contribution >= 4 is 16.5 Å². The minimum Gasteiger partial charge on any atom is -0.342 e. The van der Waals surface area contributed by atoms with Crippen molar-refractivity contribution in [2.24, 2.45) is 0 Å². The number of aryl methyl sites for hydroxylation is 2. The summed E-state index contributed by atoms with van der Waals surface area (Å²) in [6.45, 7) is 7.85. The molecule has 1 aromatic heterocycles. The molecule has 0 radical (unpaired) electrons. The Hall–Kier alpha value is -0.610. The van der Waals surface area contributed by atoms with Gasteiger partial charge in [-0.25, -0.2) is 4.98 Å². The number of rotatable bonds is 5. The number of thiazole rings is 1. The van der Waals surface area contributed by atoms with Crippen molar-refractivity contribution < 1.29 is 0 Å². The first kappa shape index (κ1) is 14.3. The molecule has 0 aromatic carbocycles. The van der Waals surface area contributed by atoms with E-state index in [-0.39, 0.29) is 0 Å². The molecular weight excluding hydrogens is 266 g/mol. The van der Waals surface area contributed by atoms with Crippen molar-refractivity contribution in [2.75, 3.05) is 11.4 Å². The number of anilines is 1. The highest BCUT2D eigenvalue weighted by atomic mass is 32.1. The van der Waals surface area contributed by atoms with Crippen molar-refractivity contribution in [1.29, 1.82) is 0 Å². The van der Waals surface area contributed by atoms with Crippen LogP contribution in [0.4, 0.5) is 5.13 Å². The second kappa shape index (κ2) is 6.02. The molecule has 2 aliphatic heterocycles. The summed E-state index contributed by atoms with van der Waals surface area (Å²) in [6.07, 6.45) is 7.62. The first-order valence-corrected chi connectivity index (χ1v) is 9.02. The minimum atomic E-state index is 0.721. The van der Waals surface area contributed by atoms with E-state index in [4.69, 9.17) is 4.98 Å². The third-order valence-corrected chi connectivity index (χ3v) is 5.88. The molecule has 3 rings (SSSR count). The van der Waals surface area contributed by atoms with Crippen LogP contribution in [0.25, 0.3) is 0 Å². The number of hydrogen-bond donors (Lipinski definition) is 1. The number of hydrogen-bond acceptors (Lipinski definition) is 4. The number of aromatic nitrogens is 1. The van der Waals surface area contributed by atoms with Crippen molar-refractivity contribution in [1.82, 2.24) is 10.3 Å². The fourth-order valence-corrected chi connectivity index (χ4v) is 5.00. The molecule has 1 aromatic rings. The third-order valence-electron chi connectivity index (χ3n) is 4.85. The smallest absolute Gasteiger partial charge is 0.186 e. The van der Waals surface area contributed by atoms with Crippen molar-refractivity contribution in [3.05, 3.63) is 10.6 Å². The van der Waals surface area contributed by atoms with Gasteiger partial charge in [-0.1, -0.05) is 13.8 Å². The van der Waals surface area contributed by atoms with Crippen LogP contribution in [0.15, 0.2) is 0 Å². The van der Waals surface area contributed by atoms with Gasteiger partial charge in [0.2, 0.25) is 0 Å². The maximum absolute atomic E-state index is 4.90. The summed E-state index contributed by atoms with van der Waals surface area (Å²) >= 11 is 1.91. The molecule has 2 aliphatic rings. The lowest BCUT2D eigenvalue weighted by Crippen LogP contribution is -2.49. The normalized spacial score (nSPS) is 29.1. The molecule has 20 heavy (non-hydrogen) atoms. The molecule has 0 saturated carbocycles. The second-order valence-electron chi connectivity index (χ2n) is 6.27. The molecule has 2 saturated heterocycles. The van der Waals surface area contributed by atoms with E-state index in [9.17, 15) is 0 Å². The summed E-state index contributed by atoms with van der Waals surface area (Å²) in [6, 6.07) is 2.17. The number of fused-ring (bicyclic) bond motifs is 2. The van der Waals surface area contributed by atoms with Crippen molar-refractivity contribution in [3.63, 3.8) is 0 Å². The van der Waals surface area contributed by atoms with Gasteiger partial charge in [-0.2, -0.15) is 0 Å². The molecule has 0 spiro atoms. The Labute approximate surface area is 126 Å². The molecule has 2 bridgehead atoms. The van der Waals surface area contributed by atoms with Gasteiger partial charge in [0.25, 0.3) is 0 Å². The van der Waals surface area contributed by atoms with Gasteiger partial charge in [-0.3, -0.25) is 0 Å². The lowest BCUT2D eigenvalue weighted by Gasteiger charge is -2.39. The Bertz CT molecular complexity index is 443. The van der Waals surface area contributed by atoms with Crippen molar-refractivity contribution in [2.45, 2.75) is 77.4 Å². The van der Waals surface area contributed by atoms with Crippen LogP contribution in [0.2, 0.25) is 0 Å². The number of nitrogens with zero attached hydrogens (tertiary/aromatic N) is 2. The molecule has 3 heterocycles. The Morgan fingerprint density at radius 3 is 2.50 bits per heavy atom. The van der Waals surface area contributed by atoms with Gasteiger partial charge < -0.3 is 10.2 Å². The molecule has 3 nitrogen and oxygen atoms in total. The van der Waals surface area contributed by atoms with E-state index in [1.807, 2.05) is 11.3 Å². The van der Waals surface area contributed by atoms with Crippen LogP contribution >= 0.6 is 11.3 Å². The fraction of sp³-hybridized carbons (Fsp3) is 0.812. The Kier molecular flexibility index (Phi) is 4.32. The lowest BCUT2D eigenvalue weighted by atomic mass is 9.98. The molecule has 112 valence electrons. The van der Waals surface area contributed by atoms with E-state index in [1.165, 1.54) is 54.4 Å². The molecule has 0 amide bonds. The highest BCUT2D eigenvalue weighted by Crippen LogP contribution is 2.41. The summed E-state index contributed by atoms with van der Waals surface area (Å²) in [7, 11) is 0. The molecular formula is C16H27N3S. The second-order valence-corrected chi connectivity index (χ2v) is 7.45. The zero-order valence-electron chi connectivity index (χ0n) is 13.0. The fourth-order valence-electron chi connectivity index (χ4n) is 3.86. The monoisotopic (exact) mass is 293 g/mol. The molecule has 2 atom stereocenters. The highest BCUT2D eigenvalue weighted by Gasteiger charge is 2.41. The van der Waals surface area contributed by atoms with E-state index in [1.54, 1.807) is 0 Å². The predicted octanol–water partition coefficient (Wildman–Crippen LogP) is 3.51. The van der Waals surface area contributed by atoms with E-state index < -0.39 is 0 Å². The summed E-state index contributed by atoms with van der Waals surface area (Å²) in [5.74, 6) is 0. The van der Waals surface area contributed by atoms with E-state index in [2.05, 4.69) is 31.0 Å². The minimum absolute atomic E-state index is 0.721. The average Bonchev–Trinajstić information content (AvgIpc) is 2.93. The van der Waals surface area contributed by atoms with Crippen LogP contribution in [0.3, 0.4) is 0 Å². The summed E-state index contributed by atoms with van der Waals surface area (Å²) in [4.78, 5) is 8.97. The zero-order chi connectivity index (χ0) is 14.1. The summed E-state index contributed by atoms with van der Waals surface area (Å²) in [5, 5.41) is 5.02. The van der Waals surface area contributed by atoms with Crippen LogP contribution in [0.1, 0.15) is 56.5 Å². The van der Waals surface area contributed by atoms with Gasteiger partial charge in [-0.15, -0.1) is 11.3 Å². The van der Waals surface area contributed by atoms with Crippen molar-refractivity contribution in [3.8, 4) is 0 Å². The number of piperidine rings is 1. The molecule has 2 fully saturated rings. The van der Waals surface area contributed by atoms with Gasteiger partial charge in [0.05, 0.1) is 5.69 Å². The van der Waals surface area contributed by atoms with Crippen LogP contribution in [-0.4, -0.2) is 29.7 Å². The average molecular weight is 293 g/mol. The SMILES string of the molecule is CCCNC1CC2CCC(C1)N2c1nc(CC)c(C)s1. The maximum atomic E-state index is 4.90. The van der Waals surface area contributed by atoms with Crippen LogP contribution < -0.4 is 10.2 Å². The van der Waals surface area contributed by atoms with Gasteiger partial charge in [0.15, 0.2) is 5.13 Å². The first-order valence-electron chi connectivity index (χ1n) is 8.20. The third kappa shape index (κ3) is 2.60. The Balaban J connectivity index is 1.73. The molecule has 0 aliphatic carbocycles. The molecule has 1 N–H and O–H groups in total. The Morgan fingerprint density at radius 1 is 1.25 bits per heavy atom. The summed E-state index contributed by atoms with van der Waals surface area (Å²) < 4.78 is 0. The molecule has 4 heteroatoms. The first-order chi connectivity index (χ1) is 9.72. The summed E-state index contributed by atoms with van der Waals surface area (Å²) in [5.41, 5.74) is 1.30. The lowest BCUT2D eigenvalue weighted by molar-refractivity contribution is 0.356. The van der Waals surface area contributed by atoms with Crippen LogP contribution in [0.5, 0.6) is 0 Å². The van der Waals surface area contributed by atoms with Gasteiger partial charge in [-0.05, 0) is 52.0 Å². The highest BCUT2D eigenvalue weighted by molar-refractivity contribution is 7.15. The number of nitrogens with one attached hydrogen (secondary N) is 1. The van der Waals surface area contributed by atoms with Crippen LogP contribution in [0, 0.1) is 6.92 Å².